The quantitative estimate of drug-likeness (QED) is 0.271. The molecule has 128 valence electrons. The zero-order valence-corrected chi connectivity index (χ0v) is 16.5. The van der Waals surface area contributed by atoms with Gasteiger partial charge in [-0.2, -0.15) is 0 Å². The fourth-order valence-electron chi connectivity index (χ4n) is 3.12. The van der Waals surface area contributed by atoms with Crippen molar-refractivity contribution in [1.82, 2.24) is 0 Å². The van der Waals surface area contributed by atoms with E-state index in [2.05, 4.69) is 41.5 Å². The molecule has 0 spiro atoms. The third-order valence-electron chi connectivity index (χ3n) is 4.47. The molecular formula is C18H40O2Si. The van der Waals surface area contributed by atoms with Crippen molar-refractivity contribution < 1.29 is 8.85 Å². The normalized spacial score (nSPS) is 15.1. The molecule has 0 fully saturated rings. The maximum absolute atomic E-state index is 6.56. The monoisotopic (exact) mass is 316 g/mol. The van der Waals surface area contributed by atoms with Crippen LogP contribution >= 0.6 is 0 Å². The molecule has 0 amide bonds. The van der Waals surface area contributed by atoms with Crippen molar-refractivity contribution in [2.24, 2.45) is 0 Å². The van der Waals surface area contributed by atoms with E-state index in [1.165, 1.54) is 38.5 Å². The van der Waals surface area contributed by atoms with Gasteiger partial charge in [-0.1, -0.05) is 67.2 Å². The smallest absolute Gasteiger partial charge is 0.344 e. The maximum atomic E-state index is 6.56. The van der Waals surface area contributed by atoms with Crippen LogP contribution in [-0.4, -0.2) is 21.8 Å². The molecule has 3 heteroatoms. The molecule has 2 atom stereocenters. The van der Waals surface area contributed by atoms with Crippen LogP contribution in [0.5, 0.6) is 0 Å². The highest BCUT2D eigenvalue weighted by atomic mass is 28.4. The summed E-state index contributed by atoms with van der Waals surface area (Å²) in [5.41, 5.74) is 1.19. The van der Waals surface area contributed by atoms with Crippen LogP contribution in [0.1, 0.15) is 92.9 Å². The second kappa shape index (κ2) is 12.7. The van der Waals surface area contributed by atoms with Gasteiger partial charge in [-0.05, 0) is 25.7 Å². The van der Waals surface area contributed by atoms with Gasteiger partial charge >= 0.3 is 8.56 Å². The highest BCUT2D eigenvalue weighted by molar-refractivity contribution is 6.70. The summed E-state index contributed by atoms with van der Waals surface area (Å²) in [7, 11) is -2.12. The number of hydrogen-bond donors (Lipinski definition) is 0. The van der Waals surface area contributed by atoms with Crippen LogP contribution in [-0.2, 0) is 8.85 Å². The van der Waals surface area contributed by atoms with Crippen molar-refractivity contribution in [3.05, 3.63) is 0 Å². The van der Waals surface area contributed by atoms with Crippen LogP contribution < -0.4 is 0 Å². The maximum Gasteiger partial charge on any atom is 0.344 e. The topological polar surface area (TPSA) is 18.5 Å². The van der Waals surface area contributed by atoms with Crippen molar-refractivity contribution in [2.75, 3.05) is 13.2 Å². The molecule has 0 rings (SSSR count). The summed E-state index contributed by atoms with van der Waals surface area (Å²) < 4.78 is 13.1. The Morgan fingerprint density at radius 2 is 1.05 bits per heavy atom. The predicted molar refractivity (Wildman–Crippen MR) is 96.1 cm³/mol. The van der Waals surface area contributed by atoms with Crippen LogP contribution in [0.3, 0.4) is 0 Å². The Hall–Kier alpha value is 0.137. The largest absolute Gasteiger partial charge is 0.394 e. The second-order valence-corrected chi connectivity index (χ2v) is 10.5. The van der Waals surface area contributed by atoms with E-state index >= 15 is 0 Å². The van der Waals surface area contributed by atoms with E-state index in [9.17, 15) is 0 Å². The van der Waals surface area contributed by atoms with Crippen molar-refractivity contribution in [2.45, 2.75) is 104 Å². The predicted octanol–water partition coefficient (Wildman–Crippen LogP) is 6.44. The highest BCUT2D eigenvalue weighted by Crippen LogP contribution is 2.40. The first-order valence-corrected chi connectivity index (χ1v) is 11.3. The Balaban J connectivity index is 5.04. The average Bonchev–Trinajstić information content (AvgIpc) is 2.46. The van der Waals surface area contributed by atoms with Crippen LogP contribution in [0.25, 0.3) is 0 Å². The van der Waals surface area contributed by atoms with Gasteiger partial charge in [0.05, 0.1) is 0 Å². The van der Waals surface area contributed by atoms with E-state index in [1.807, 2.05) is 0 Å². The molecule has 21 heavy (non-hydrogen) atoms. The van der Waals surface area contributed by atoms with E-state index < -0.39 is 8.56 Å². The van der Waals surface area contributed by atoms with Crippen molar-refractivity contribution in [3.63, 3.8) is 0 Å². The molecule has 0 aliphatic carbocycles. The molecule has 0 saturated carbocycles. The lowest BCUT2D eigenvalue weighted by Crippen LogP contribution is -2.50. The summed E-state index contributed by atoms with van der Waals surface area (Å²) >= 11 is 0. The Bertz CT molecular complexity index is 209. The zero-order chi connectivity index (χ0) is 16.1. The summed E-state index contributed by atoms with van der Waals surface area (Å²) in [5, 5.41) is 0. The van der Waals surface area contributed by atoms with Gasteiger partial charge in [0.25, 0.3) is 0 Å². The minimum absolute atomic E-state index is 0.595. The summed E-state index contributed by atoms with van der Waals surface area (Å²) in [4.78, 5) is 0. The number of hydrogen-bond acceptors (Lipinski definition) is 2. The van der Waals surface area contributed by atoms with Gasteiger partial charge < -0.3 is 8.85 Å². The fourth-order valence-corrected chi connectivity index (χ4v) is 7.62. The standard InChI is InChI=1S/C18H40O2Si/c1-7-11-15-19-21(17(5)13-9-3,18(6)14-10-4)20-16-12-8-2/h17-18H,7-16H2,1-6H3. The van der Waals surface area contributed by atoms with E-state index in [1.54, 1.807) is 0 Å². The van der Waals surface area contributed by atoms with E-state index in [0.29, 0.717) is 11.1 Å². The van der Waals surface area contributed by atoms with E-state index in [4.69, 9.17) is 8.85 Å². The third-order valence-corrected chi connectivity index (χ3v) is 9.10. The van der Waals surface area contributed by atoms with Crippen molar-refractivity contribution >= 4 is 8.56 Å². The van der Waals surface area contributed by atoms with Gasteiger partial charge in [-0.25, -0.2) is 0 Å². The lowest BCUT2D eigenvalue weighted by atomic mass is 10.2. The first-order valence-electron chi connectivity index (χ1n) is 9.36. The fraction of sp³-hybridized carbons (Fsp3) is 1.00. The second-order valence-electron chi connectivity index (χ2n) is 6.50. The average molecular weight is 317 g/mol. The summed E-state index contributed by atoms with van der Waals surface area (Å²) in [6, 6.07) is 0. The molecule has 0 aromatic carbocycles. The highest BCUT2D eigenvalue weighted by Gasteiger charge is 2.47. The van der Waals surface area contributed by atoms with Gasteiger partial charge in [-0.15, -0.1) is 0 Å². The van der Waals surface area contributed by atoms with E-state index in [0.717, 1.165) is 26.1 Å². The first-order chi connectivity index (χ1) is 10.1. The van der Waals surface area contributed by atoms with Gasteiger partial charge in [0.2, 0.25) is 0 Å². The molecule has 2 unspecified atom stereocenters. The minimum atomic E-state index is -2.12. The Labute approximate surface area is 135 Å². The molecule has 0 aliphatic rings. The molecule has 0 N–H and O–H groups in total. The molecule has 0 aliphatic heterocycles. The van der Waals surface area contributed by atoms with E-state index in [-0.39, 0.29) is 0 Å². The van der Waals surface area contributed by atoms with Crippen molar-refractivity contribution in [1.29, 1.82) is 0 Å². The summed E-state index contributed by atoms with van der Waals surface area (Å²) in [5.74, 6) is 0. The van der Waals surface area contributed by atoms with Gasteiger partial charge in [0.1, 0.15) is 0 Å². The Kier molecular flexibility index (Phi) is 12.7. The zero-order valence-electron chi connectivity index (χ0n) is 15.5. The number of rotatable bonds is 14. The molecule has 2 nitrogen and oxygen atoms in total. The Morgan fingerprint density at radius 3 is 1.33 bits per heavy atom. The molecule has 0 bridgehead atoms. The van der Waals surface area contributed by atoms with Crippen LogP contribution in [0, 0.1) is 0 Å². The first kappa shape index (κ1) is 21.1. The molecule has 0 saturated heterocycles. The molecule has 0 heterocycles. The molecule has 0 aromatic heterocycles. The summed E-state index contributed by atoms with van der Waals surface area (Å²) in [6.45, 7) is 15.5. The molecule has 0 aromatic rings. The molecule has 0 radical (unpaired) electrons. The van der Waals surface area contributed by atoms with Gasteiger partial charge in [0.15, 0.2) is 0 Å². The summed E-state index contributed by atoms with van der Waals surface area (Å²) in [6.07, 6.45) is 9.63. The van der Waals surface area contributed by atoms with Crippen LogP contribution in [0.15, 0.2) is 0 Å². The minimum Gasteiger partial charge on any atom is -0.394 e. The van der Waals surface area contributed by atoms with Crippen molar-refractivity contribution in [3.8, 4) is 0 Å². The van der Waals surface area contributed by atoms with Gasteiger partial charge in [-0.3, -0.25) is 0 Å². The third kappa shape index (κ3) is 7.29. The van der Waals surface area contributed by atoms with Crippen LogP contribution in [0.2, 0.25) is 11.1 Å². The SMILES string of the molecule is CCCCO[Si](OCCCC)(C(C)CCC)C(C)CCC. The Morgan fingerprint density at radius 1 is 0.667 bits per heavy atom. The lowest BCUT2D eigenvalue weighted by molar-refractivity contribution is 0.143. The molecular weight excluding hydrogens is 276 g/mol. The van der Waals surface area contributed by atoms with Crippen LogP contribution in [0.4, 0.5) is 0 Å². The van der Waals surface area contributed by atoms with Gasteiger partial charge in [0, 0.05) is 24.3 Å². The lowest BCUT2D eigenvalue weighted by Gasteiger charge is -2.40. The number of unbranched alkanes of at least 4 members (excludes halogenated alkanes) is 2.